The number of hydrogen-bond acceptors (Lipinski definition) is 1. The van der Waals surface area contributed by atoms with Crippen LogP contribution in [0.2, 0.25) is 0 Å². The molecule has 1 fully saturated rings. The van der Waals surface area contributed by atoms with Crippen LogP contribution in [0.4, 0.5) is 17.3 Å². The third kappa shape index (κ3) is 10.0. The van der Waals surface area contributed by atoms with Crippen molar-refractivity contribution >= 4 is 18.7 Å². The number of rotatable bonds is 3. The molecule has 0 aliphatic carbocycles. The molecular weight excluding hydrogens is 237 g/mol. The van der Waals surface area contributed by atoms with Gasteiger partial charge in [-0.3, -0.25) is 4.79 Å². The molecule has 0 radical (unpaired) electrons. The number of ketones is 1. The van der Waals surface area contributed by atoms with Crippen LogP contribution < -0.4 is 0 Å². The Kier molecular flexibility index (Phi) is 7.07. The first kappa shape index (κ1) is 16.1. The van der Waals surface area contributed by atoms with E-state index < -0.39 is 7.25 Å². The first-order valence-electron chi connectivity index (χ1n) is 5.70. The zero-order valence-electron chi connectivity index (χ0n) is 10.2. The molecular formula is C10H18BF4NO. The summed E-state index contributed by atoms with van der Waals surface area (Å²) in [6, 6.07) is 0. The van der Waals surface area contributed by atoms with E-state index in [-0.39, 0.29) is 0 Å². The molecule has 0 amide bonds. The number of carbonyl (C=O) groups is 1. The van der Waals surface area contributed by atoms with Gasteiger partial charge < -0.3 is 17.3 Å². The highest BCUT2D eigenvalue weighted by Gasteiger charge is 2.20. The van der Waals surface area contributed by atoms with Crippen molar-refractivity contribution in [3.8, 4) is 0 Å². The van der Waals surface area contributed by atoms with Crippen LogP contribution in [0.15, 0.2) is 0 Å². The Balaban J connectivity index is 0.000000437. The zero-order chi connectivity index (χ0) is 13.5. The number of Topliss-reactive ketones (excluding diaryl/α,β-unsaturated/α-hetero) is 1. The Labute approximate surface area is 98.8 Å². The summed E-state index contributed by atoms with van der Waals surface area (Å²) in [5.41, 5.74) is 1.26. The SMILES string of the molecule is CCC(=O)CC(C)=[N+]1CCCC1.F[B-](F)(F)F. The van der Waals surface area contributed by atoms with Gasteiger partial charge in [0.15, 0.2) is 5.71 Å². The van der Waals surface area contributed by atoms with Gasteiger partial charge in [0.25, 0.3) is 0 Å². The molecule has 2 nitrogen and oxygen atoms in total. The highest BCUT2D eigenvalue weighted by molar-refractivity contribution is 6.50. The maximum Gasteiger partial charge on any atom is 0.673 e. The molecule has 1 aliphatic heterocycles. The first-order chi connectivity index (χ1) is 7.74. The van der Waals surface area contributed by atoms with Crippen molar-refractivity contribution in [3.05, 3.63) is 0 Å². The van der Waals surface area contributed by atoms with Crippen LogP contribution in [0, 0.1) is 0 Å². The van der Waals surface area contributed by atoms with Gasteiger partial charge in [-0.25, -0.2) is 4.58 Å². The summed E-state index contributed by atoms with van der Waals surface area (Å²) in [5, 5.41) is 0. The topological polar surface area (TPSA) is 20.1 Å². The van der Waals surface area contributed by atoms with Crippen LogP contribution in [0.5, 0.6) is 0 Å². The second-order valence-electron chi connectivity index (χ2n) is 3.99. The molecule has 0 N–H and O–H groups in total. The summed E-state index contributed by atoms with van der Waals surface area (Å²) in [5.74, 6) is 0.361. The van der Waals surface area contributed by atoms with E-state index in [9.17, 15) is 22.1 Å². The second kappa shape index (κ2) is 7.45. The summed E-state index contributed by atoms with van der Waals surface area (Å²) in [6.45, 7) is 6.32. The molecule has 100 valence electrons. The third-order valence-electron chi connectivity index (χ3n) is 2.49. The van der Waals surface area contributed by atoms with Crippen LogP contribution in [0.3, 0.4) is 0 Å². The monoisotopic (exact) mass is 255 g/mol. The van der Waals surface area contributed by atoms with Crippen LogP contribution in [-0.2, 0) is 4.79 Å². The normalized spacial score (nSPS) is 15.3. The lowest BCUT2D eigenvalue weighted by Gasteiger charge is -1.98. The van der Waals surface area contributed by atoms with Crippen molar-refractivity contribution < 1.29 is 26.6 Å². The molecule has 0 bridgehead atoms. The Bertz CT molecular complexity index is 275. The molecule has 0 saturated carbocycles. The standard InChI is InChI=1S/C10H18NO.BF4/c1-3-10(12)8-9(2)11-6-4-5-7-11;2-1(3,4)5/h3-8H2,1-2H3;/q+1;-1. The molecule has 1 heterocycles. The third-order valence-corrected chi connectivity index (χ3v) is 2.49. The van der Waals surface area contributed by atoms with E-state index in [2.05, 4.69) is 11.5 Å². The minimum atomic E-state index is -6.00. The molecule has 17 heavy (non-hydrogen) atoms. The van der Waals surface area contributed by atoms with Crippen molar-refractivity contribution in [2.24, 2.45) is 0 Å². The Morgan fingerprint density at radius 3 is 1.94 bits per heavy atom. The van der Waals surface area contributed by atoms with Crippen molar-refractivity contribution in [3.63, 3.8) is 0 Å². The molecule has 0 unspecified atom stereocenters. The van der Waals surface area contributed by atoms with E-state index in [1.165, 1.54) is 18.6 Å². The van der Waals surface area contributed by atoms with E-state index in [1.54, 1.807) is 0 Å². The molecule has 7 heteroatoms. The van der Waals surface area contributed by atoms with Crippen LogP contribution in [-0.4, -0.2) is 36.4 Å². The van der Waals surface area contributed by atoms with Crippen molar-refractivity contribution in [1.82, 2.24) is 0 Å². The molecule has 0 aromatic carbocycles. The maximum atomic E-state index is 11.1. The van der Waals surface area contributed by atoms with Gasteiger partial charge >= 0.3 is 7.25 Å². The highest BCUT2D eigenvalue weighted by Crippen LogP contribution is 2.06. The lowest BCUT2D eigenvalue weighted by atomic mass is 10.1. The molecule has 1 saturated heterocycles. The van der Waals surface area contributed by atoms with Gasteiger partial charge in [0.1, 0.15) is 18.9 Å². The fourth-order valence-corrected chi connectivity index (χ4v) is 1.62. The second-order valence-corrected chi connectivity index (χ2v) is 3.99. The van der Waals surface area contributed by atoms with Crippen molar-refractivity contribution in [1.29, 1.82) is 0 Å². The lowest BCUT2D eigenvalue weighted by Crippen LogP contribution is -2.18. The van der Waals surface area contributed by atoms with Crippen LogP contribution in [0.25, 0.3) is 0 Å². The average Bonchev–Trinajstić information content (AvgIpc) is 2.67. The van der Waals surface area contributed by atoms with Crippen molar-refractivity contribution in [2.75, 3.05) is 13.1 Å². The number of carbonyl (C=O) groups excluding carboxylic acids is 1. The van der Waals surface area contributed by atoms with E-state index in [4.69, 9.17) is 0 Å². The highest BCUT2D eigenvalue weighted by atomic mass is 19.5. The zero-order valence-corrected chi connectivity index (χ0v) is 10.2. The molecule has 1 rings (SSSR count). The van der Waals surface area contributed by atoms with E-state index in [0.717, 1.165) is 13.1 Å². The Morgan fingerprint density at radius 1 is 1.18 bits per heavy atom. The summed E-state index contributed by atoms with van der Waals surface area (Å²) >= 11 is 0. The smallest absolute Gasteiger partial charge is 0.418 e. The molecule has 1 aliphatic rings. The number of halogens is 4. The fourth-order valence-electron chi connectivity index (χ4n) is 1.62. The molecule has 0 atom stereocenters. The average molecular weight is 255 g/mol. The van der Waals surface area contributed by atoms with Crippen molar-refractivity contribution in [2.45, 2.75) is 39.5 Å². The van der Waals surface area contributed by atoms with E-state index in [0.29, 0.717) is 18.6 Å². The van der Waals surface area contributed by atoms with E-state index in [1.807, 2.05) is 6.92 Å². The number of hydrogen-bond donors (Lipinski definition) is 0. The summed E-state index contributed by atoms with van der Waals surface area (Å²) < 4.78 is 41.3. The maximum absolute atomic E-state index is 11.1. The molecule has 0 aromatic rings. The predicted octanol–water partition coefficient (Wildman–Crippen LogP) is 2.92. The minimum absolute atomic E-state index is 0.361. The molecule has 0 aromatic heterocycles. The van der Waals surface area contributed by atoms with Gasteiger partial charge in [0, 0.05) is 26.2 Å². The molecule has 0 spiro atoms. The van der Waals surface area contributed by atoms with Gasteiger partial charge in [0.2, 0.25) is 0 Å². The van der Waals surface area contributed by atoms with Gasteiger partial charge in [0.05, 0.1) is 6.42 Å². The van der Waals surface area contributed by atoms with Crippen LogP contribution in [0.1, 0.15) is 39.5 Å². The predicted molar refractivity (Wildman–Crippen MR) is 60.0 cm³/mol. The summed E-state index contributed by atoms with van der Waals surface area (Å²) in [7, 11) is -6.00. The minimum Gasteiger partial charge on any atom is -0.418 e. The van der Waals surface area contributed by atoms with E-state index >= 15 is 0 Å². The van der Waals surface area contributed by atoms with Gasteiger partial charge in [-0.2, -0.15) is 0 Å². The largest absolute Gasteiger partial charge is 0.673 e. The Morgan fingerprint density at radius 2 is 1.59 bits per heavy atom. The fraction of sp³-hybridized carbons (Fsp3) is 0.800. The van der Waals surface area contributed by atoms with Crippen LogP contribution >= 0.6 is 0 Å². The van der Waals surface area contributed by atoms with Gasteiger partial charge in [-0.1, -0.05) is 6.92 Å². The summed E-state index contributed by atoms with van der Waals surface area (Å²) in [6.07, 6.45) is 3.91. The first-order valence-corrected chi connectivity index (χ1v) is 5.70. The van der Waals surface area contributed by atoms with Gasteiger partial charge in [-0.15, -0.1) is 0 Å². The lowest BCUT2D eigenvalue weighted by molar-refractivity contribution is -0.507. The summed E-state index contributed by atoms with van der Waals surface area (Å²) in [4.78, 5) is 11.1. The quantitative estimate of drug-likeness (QED) is 0.431. The van der Waals surface area contributed by atoms with Gasteiger partial charge in [-0.05, 0) is 0 Å². The number of nitrogens with zero attached hydrogens (tertiary/aromatic N) is 1. The Hall–Kier alpha value is -0.875.